The van der Waals surface area contributed by atoms with Gasteiger partial charge in [0.1, 0.15) is 10.1 Å². The predicted molar refractivity (Wildman–Crippen MR) is 59.6 cm³/mol. The summed E-state index contributed by atoms with van der Waals surface area (Å²) < 4.78 is 33.3. The summed E-state index contributed by atoms with van der Waals surface area (Å²) in [6.45, 7) is 0. The molecule has 0 aromatic heterocycles. The van der Waals surface area contributed by atoms with Crippen molar-refractivity contribution in [1.29, 1.82) is 0 Å². The molecule has 0 aliphatic rings. The smallest absolute Gasteiger partial charge is 0.124 e. The fourth-order valence-electron chi connectivity index (χ4n) is 1.11. The highest BCUT2D eigenvalue weighted by Gasteiger charge is 2.10. The van der Waals surface area contributed by atoms with Crippen molar-refractivity contribution in [2.24, 2.45) is 0 Å². The van der Waals surface area contributed by atoms with E-state index in [1.807, 2.05) is 0 Å². The molecule has 0 bridgehead atoms. The van der Waals surface area contributed by atoms with Gasteiger partial charge in [-0.05, 0) is 24.1 Å². The van der Waals surface area contributed by atoms with Gasteiger partial charge in [0.25, 0.3) is 0 Å². The average molecular weight is 343 g/mol. The summed E-state index contributed by atoms with van der Waals surface area (Å²) in [6.07, 6.45) is 0.498. The number of hydrogen-bond donors (Lipinski definition) is 0. The van der Waals surface area contributed by atoms with Gasteiger partial charge in [0.15, 0.2) is 0 Å². The van der Waals surface area contributed by atoms with Crippen LogP contribution in [0.3, 0.4) is 0 Å². The summed E-state index contributed by atoms with van der Waals surface area (Å²) in [6, 6.07) is 4.57. The van der Waals surface area contributed by atoms with Crippen LogP contribution in [-0.4, -0.2) is 18.3 Å². The zero-order valence-corrected chi connectivity index (χ0v) is 11.0. The molecule has 0 atom stereocenters. The normalized spacial score (nSPS) is 11.6. The molecule has 3 nitrogen and oxygen atoms in total. The first-order valence-corrected chi connectivity index (χ1v) is 7.08. The summed E-state index contributed by atoms with van der Waals surface area (Å²) in [5.74, 6) is 0. The molecule has 0 aliphatic carbocycles. The summed E-state index contributed by atoms with van der Waals surface area (Å²) in [5, 5.41) is 0.609. The predicted octanol–water partition coefficient (Wildman–Crippen LogP) is 2.29. The van der Waals surface area contributed by atoms with E-state index in [4.69, 9.17) is 0 Å². The van der Waals surface area contributed by atoms with Crippen LogP contribution < -0.4 is 0 Å². The third kappa shape index (κ3) is 2.79. The Morgan fingerprint density at radius 1 is 1.36 bits per heavy atom. The molecule has 6 heteroatoms. The Kier molecular flexibility index (Phi) is 4.12. The van der Waals surface area contributed by atoms with E-state index in [1.54, 1.807) is 6.07 Å². The molecule has 0 spiro atoms. The van der Waals surface area contributed by atoms with Gasteiger partial charge in [0, 0.05) is 9.80 Å². The second-order valence-corrected chi connectivity index (χ2v) is 5.61. The summed E-state index contributed by atoms with van der Waals surface area (Å²) in [4.78, 5) is -0.147. The molecule has 0 heterocycles. The molecule has 1 aromatic carbocycles. The Labute approximate surface area is 99.5 Å². The van der Waals surface area contributed by atoms with Crippen molar-refractivity contribution in [3.05, 3.63) is 28.2 Å². The summed E-state index contributed by atoms with van der Waals surface area (Å²) in [5.41, 5.74) is 0.527. The molecule has 1 aromatic rings. The van der Waals surface area contributed by atoms with E-state index in [0.29, 0.717) is 21.8 Å². The first-order chi connectivity index (χ1) is 6.46. The third-order valence-electron chi connectivity index (χ3n) is 1.69. The Bertz CT molecular complexity index is 428. The fourth-order valence-corrected chi connectivity index (χ4v) is 2.96. The van der Waals surface area contributed by atoms with E-state index in [2.05, 4.69) is 31.9 Å². The molecule has 78 valence electrons. The number of rotatable bonds is 3. The lowest BCUT2D eigenvalue weighted by Crippen LogP contribution is -2.04. The van der Waals surface area contributed by atoms with Crippen LogP contribution in [0.2, 0.25) is 0 Å². The number of hydrogen-bond acceptors (Lipinski definition) is 3. The van der Waals surface area contributed by atoms with E-state index in [0.717, 1.165) is 0 Å². The lowest BCUT2D eigenvalue weighted by molar-refractivity contribution is 0.462. The maximum Gasteiger partial charge on any atom is 0.124 e. The second-order valence-electron chi connectivity index (χ2n) is 2.61. The van der Waals surface area contributed by atoms with Gasteiger partial charge in [-0.1, -0.05) is 37.9 Å². The van der Waals surface area contributed by atoms with Crippen molar-refractivity contribution in [3.8, 4) is 0 Å². The lowest BCUT2D eigenvalue weighted by Gasteiger charge is -2.13. The Morgan fingerprint density at radius 3 is 2.50 bits per heavy atom. The van der Waals surface area contributed by atoms with Crippen molar-refractivity contribution in [2.45, 2.75) is 11.3 Å². The maximum absolute atomic E-state index is 10.9. The standard InChI is InChI=1S/C8H8Br2O3S/c9-5-4-6-7(10)2-1-3-8(6)14(11,12)13/h1-3H,4-5H2,(H,11,12,13)/p-1. The highest BCUT2D eigenvalue weighted by Crippen LogP contribution is 2.25. The molecule has 0 saturated carbocycles. The van der Waals surface area contributed by atoms with E-state index < -0.39 is 10.1 Å². The summed E-state index contributed by atoms with van der Waals surface area (Å²) >= 11 is 6.42. The van der Waals surface area contributed by atoms with Gasteiger partial charge >= 0.3 is 0 Å². The molecule has 0 saturated heterocycles. The van der Waals surface area contributed by atoms with Crippen LogP contribution in [0.25, 0.3) is 0 Å². The zero-order valence-electron chi connectivity index (χ0n) is 7.04. The van der Waals surface area contributed by atoms with Crippen LogP contribution in [0.15, 0.2) is 27.6 Å². The number of alkyl halides is 1. The van der Waals surface area contributed by atoms with Crippen molar-refractivity contribution in [1.82, 2.24) is 0 Å². The van der Waals surface area contributed by atoms with Crippen LogP contribution in [0.1, 0.15) is 5.56 Å². The van der Waals surface area contributed by atoms with E-state index >= 15 is 0 Å². The van der Waals surface area contributed by atoms with Gasteiger partial charge in [-0.3, -0.25) is 0 Å². The molecule has 0 unspecified atom stereocenters. The zero-order chi connectivity index (χ0) is 10.8. The van der Waals surface area contributed by atoms with Crippen molar-refractivity contribution >= 4 is 42.0 Å². The minimum Gasteiger partial charge on any atom is -0.744 e. The largest absolute Gasteiger partial charge is 0.744 e. The Morgan fingerprint density at radius 2 is 2.00 bits per heavy atom. The van der Waals surface area contributed by atoms with Crippen LogP contribution in [0, 0.1) is 0 Å². The number of benzene rings is 1. The molecule has 0 N–H and O–H groups in total. The van der Waals surface area contributed by atoms with Crippen molar-refractivity contribution in [2.75, 3.05) is 5.33 Å². The monoisotopic (exact) mass is 341 g/mol. The van der Waals surface area contributed by atoms with Gasteiger partial charge in [0.2, 0.25) is 0 Å². The molecular weight excluding hydrogens is 336 g/mol. The topological polar surface area (TPSA) is 57.2 Å². The average Bonchev–Trinajstić information content (AvgIpc) is 2.07. The van der Waals surface area contributed by atoms with E-state index in [9.17, 15) is 13.0 Å². The van der Waals surface area contributed by atoms with Crippen molar-refractivity contribution < 1.29 is 13.0 Å². The quantitative estimate of drug-likeness (QED) is 0.625. The minimum absolute atomic E-state index is 0.147. The SMILES string of the molecule is O=S(=O)([O-])c1cccc(Br)c1CCBr. The van der Waals surface area contributed by atoms with Crippen LogP contribution in [-0.2, 0) is 16.5 Å². The van der Waals surface area contributed by atoms with Crippen LogP contribution in [0.5, 0.6) is 0 Å². The fraction of sp³-hybridized carbons (Fsp3) is 0.250. The second kappa shape index (κ2) is 4.74. The summed E-state index contributed by atoms with van der Waals surface area (Å²) in [7, 11) is -4.38. The lowest BCUT2D eigenvalue weighted by atomic mass is 10.2. The minimum atomic E-state index is -4.38. The molecule has 1 rings (SSSR count). The molecule has 14 heavy (non-hydrogen) atoms. The highest BCUT2D eigenvalue weighted by atomic mass is 79.9. The third-order valence-corrected chi connectivity index (χ3v) is 3.75. The first kappa shape index (κ1) is 12.2. The first-order valence-electron chi connectivity index (χ1n) is 3.76. The van der Waals surface area contributed by atoms with Crippen LogP contribution >= 0.6 is 31.9 Å². The number of halogens is 2. The molecule has 0 amide bonds. The van der Waals surface area contributed by atoms with Gasteiger partial charge in [0.05, 0.1) is 4.90 Å². The van der Waals surface area contributed by atoms with E-state index in [1.165, 1.54) is 12.1 Å². The van der Waals surface area contributed by atoms with Gasteiger partial charge in [-0.2, -0.15) is 0 Å². The van der Waals surface area contributed by atoms with E-state index in [-0.39, 0.29) is 4.90 Å². The van der Waals surface area contributed by atoms with Crippen LogP contribution in [0.4, 0.5) is 0 Å². The molecule has 0 fully saturated rings. The van der Waals surface area contributed by atoms with Gasteiger partial charge in [-0.25, -0.2) is 8.42 Å². The van der Waals surface area contributed by atoms with Crippen molar-refractivity contribution in [3.63, 3.8) is 0 Å². The Hall–Kier alpha value is 0.0900. The molecule has 0 aliphatic heterocycles. The van der Waals surface area contributed by atoms with Gasteiger partial charge in [-0.15, -0.1) is 0 Å². The molecule has 0 radical (unpaired) electrons. The van der Waals surface area contributed by atoms with Gasteiger partial charge < -0.3 is 4.55 Å². The molecular formula is C8H7Br2O3S-. The maximum atomic E-state index is 10.9. The Balaban J connectivity index is 3.36. The highest BCUT2D eigenvalue weighted by molar-refractivity contribution is 9.10.